The molecule has 0 saturated heterocycles. The van der Waals surface area contributed by atoms with E-state index in [1.54, 1.807) is 4.68 Å². The average Bonchev–Trinajstić information content (AvgIpc) is 3.21. The minimum Gasteiger partial charge on any atom is -0.349 e. The number of aromatic nitrogens is 3. The van der Waals surface area contributed by atoms with Gasteiger partial charge in [0.2, 0.25) is 0 Å². The van der Waals surface area contributed by atoms with Gasteiger partial charge in [-0.2, -0.15) is 0 Å². The van der Waals surface area contributed by atoms with Crippen LogP contribution in [0.1, 0.15) is 36.3 Å². The van der Waals surface area contributed by atoms with Crippen molar-refractivity contribution in [3.8, 4) is 5.69 Å². The molecule has 3 aromatic rings. The summed E-state index contributed by atoms with van der Waals surface area (Å²) in [6.07, 6.45) is 3.20. The van der Waals surface area contributed by atoms with Crippen LogP contribution in [0.5, 0.6) is 0 Å². The number of para-hydroxylation sites is 1. The van der Waals surface area contributed by atoms with Crippen LogP contribution in [0.2, 0.25) is 0 Å². The minimum absolute atomic E-state index is 0.0898. The van der Waals surface area contributed by atoms with Gasteiger partial charge in [0.15, 0.2) is 0 Å². The molecule has 0 amide bonds. The summed E-state index contributed by atoms with van der Waals surface area (Å²) in [5.74, 6) is 0. The van der Waals surface area contributed by atoms with Gasteiger partial charge in [0.05, 0.1) is 17.3 Å². The summed E-state index contributed by atoms with van der Waals surface area (Å²) in [5, 5.41) is 0. The van der Waals surface area contributed by atoms with Crippen LogP contribution in [-0.2, 0) is 20.1 Å². The van der Waals surface area contributed by atoms with Crippen molar-refractivity contribution in [2.75, 3.05) is 6.54 Å². The molecule has 0 fully saturated rings. The summed E-state index contributed by atoms with van der Waals surface area (Å²) in [5.41, 5.74) is 4.29. The number of rotatable bonds is 4. The molecule has 2 aromatic heterocycles. The Morgan fingerprint density at radius 1 is 1.08 bits per heavy atom. The molecule has 5 heteroatoms. The highest BCUT2D eigenvalue weighted by molar-refractivity contribution is 5.33. The van der Waals surface area contributed by atoms with Gasteiger partial charge < -0.3 is 4.57 Å². The van der Waals surface area contributed by atoms with E-state index < -0.39 is 0 Å². The molecule has 1 atom stereocenters. The monoisotopic (exact) mass is 350 g/mol. The normalized spacial score (nSPS) is 17.4. The van der Waals surface area contributed by atoms with Crippen LogP contribution in [0.15, 0.2) is 53.5 Å². The SMILES string of the molecule is CC[C@@H]1c2cccn2CCN1Cc1c(C)n(C)n(-c2ccccc2)c1=O. The van der Waals surface area contributed by atoms with Crippen molar-refractivity contribution in [1.82, 2.24) is 18.8 Å². The molecular weight excluding hydrogens is 324 g/mol. The zero-order valence-electron chi connectivity index (χ0n) is 15.7. The van der Waals surface area contributed by atoms with Crippen molar-refractivity contribution in [2.24, 2.45) is 7.05 Å². The van der Waals surface area contributed by atoms with E-state index in [1.165, 1.54) is 5.69 Å². The van der Waals surface area contributed by atoms with Crippen molar-refractivity contribution in [3.05, 3.63) is 76.0 Å². The second-order valence-electron chi connectivity index (χ2n) is 7.06. The summed E-state index contributed by atoms with van der Waals surface area (Å²) >= 11 is 0. The van der Waals surface area contributed by atoms with E-state index >= 15 is 0 Å². The number of benzene rings is 1. The maximum Gasteiger partial charge on any atom is 0.276 e. The Hall–Kier alpha value is -2.53. The molecule has 136 valence electrons. The Balaban J connectivity index is 1.71. The standard InChI is InChI=1S/C21H26N4O/c1-4-19-20-11-8-12-23(20)13-14-24(19)15-18-16(2)22(3)25(21(18)26)17-9-6-5-7-10-17/h5-12,19H,4,13-15H2,1-3H3/t19-/m1/s1. The van der Waals surface area contributed by atoms with E-state index in [-0.39, 0.29) is 5.56 Å². The lowest BCUT2D eigenvalue weighted by Crippen LogP contribution is -2.38. The van der Waals surface area contributed by atoms with Gasteiger partial charge in [-0.3, -0.25) is 14.4 Å². The van der Waals surface area contributed by atoms with Gasteiger partial charge in [-0.05, 0) is 37.6 Å². The molecule has 26 heavy (non-hydrogen) atoms. The second-order valence-corrected chi connectivity index (χ2v) is 7.06. The van der Waals surface area contributed by atoms with Crippen molar-refractivity contribution in [3.63, 3.8) is 0 Å². The topological polar surface area (TPSA) is 35.1 Å². The van der Waals surface area contributed by atoms with Crippen LogP contribution >= 0.6 is 0 Å². The van der Waals surface area contributed by atoms with E-state index in [0.717, 1.165) is 36.5 Å². The lowest BCUT2D eigenvalue weighted by atomic mass is 10.1. The highest BCUT2D eigenvalue weighted by atomic mass is 16.1. The van der Waals surface area contributed by atoms with Crippen LogP contribution < -0.4 is 5.56 Å². The molecule has 0 bridgehead atoms. The summed E-state index contributed by atoms with van der Waals surface area (Å²) in [6, 6.07) is 14.6. The second kappa shape index (κ2) is 6.65. The third-order valence-corrected chi connectivity index (χ3v) is 5.70. The highest BCUT2D eigenvalue weighted by Gasteiger charge is 2.28. The molecule has 0 unspecified atom stereocenters. The molecule has 3 heterocycles. The largest absolute Gasteiger partial charge is 0.349 e. The maximum atomic E-state index is 13.2. The van der Waals surface area contributed by atoms with E-state index in [9.17, 15) is 4.79 Å². The van der Waals surface area contributed by atoms with Gasteiger partial charge in [-0.1, -0.05) is 25.1 Å². The first-order chi connectivity index (χ1) is 12.6. The molecule has 0 radical (unpaired) electrons. The molecule has 0 saturated carbocycles. The third kappa shape index (κ3) is 2.63. The first-order valence-corrected chi connectivity index (χ1v) is 9.33. The Morgan fingerprint density at radius 3 is 2.58 bits per heavy atom. The molecule has 0 spiro atoms. The van der Waals surface area contributed by atoms with Crippen LogP contribution in [-0.4, -0.2) is 25.4 Å². The maximum absolute atomic E-state index is 13.2. The smallest absolute Gasteiger partial charge is 0.276 e. The van der Waals surface area contributed by atoms with Crippen LogP contribution in [0.4, 0.5) is 0 Å². The molecule has 1 aromatic carbocycles. The summed E-state index contributed by atoms with van der Waals surface area (Å²) < 4.78 is 6.09. The quantitative estimate of drug-likeness (QED) is 0.724. The molecule has 0 N–H and O–H groups in total. The summed E-state index contributed by atoms with van der Waals surface area (Å²) in [6.45, 7) is 6.92. The van der Waals surface area contributed by atoms with Crippen LogP contribution in [0.3, 0.4) is 0 Å². The highest BCUT2D eigenvalue weighted by Crippen LogP contribution is 2.30. The molecule has 0 aliphatic carbocycles. The van der Waals surface area contributed by atoms with E-state index in [1.807, 2.05) is 49.0 Å². The van der Waals surface area contributed by atoms with Crippen molar-refractivity contribution in [1.29, 1.82) is 0 Å². The van der Waals surface area contributed by atoms with E-state index in [4.69, 9.17) is 0 Å². The number of fused-ring (bicyclic) bond motifs is 1. The number of hydrogen-bond donors (Lipinski definition) is 0. The van der Waals surface area contributed by atoms with Crippen molar-refractivity contribution < 1.29 is 0 Å². The predicted molar refractivity (Wildman–Crippen MR) is 104 cm³/mol. The molecule has 1 aliphatic rings. The number of nitrogens with zero attached hydrogens (tertiary/aromatic N) is 4. The molecule has 1 aliphatic heterocycles. The van der Waals surface area contributed by atoms with E-state index in [2.05, 4.69) is 34.7 Å². The minimum atomic E-state index is 0.0898. The summed E-state index contributed by atoms with van der Waals surface area (Å²) in [4.78, 5) is 15.6. The van der Waals surface area contributed by atoms with Crippen molar-refractivity contribution in [2.45, 2.75) is 39.4 Å². The fourth-order valence-corrected chi connectivity index (χ4v) is 4.18. The Kier molecular flexibility index (Phi) is 4.32. The van der Waals surface area contributed by atoms with Gasteiger partial charge in [-0.25, -0.2) is 4.68 Å². The first kappa shape index (κ1) is 16.9. The van der Waals surface area contributed by atoms with Crippen LogP contribution in [0, 0.1) is 6.92 Å². The fraction of sp³-hybridized carbons (Fsp3) is 0.381. The van der Waals surface area contributed by atoms with Gasteiger partial charge in [0, 0.05) is 44.3 Å². The fourth-order valence-electron chi connectivity index (χ4n) is 4.18. The summed E-state index contributed by atoms with van der Waals surface area (Å²) in [7, 11) is 1.96. The lowest BCUT2D eigenvalue weighted by molar-refractivity contribution is 0.143. The van der Waals surface area contributed by atoms with Crippen molar-refractivity contribution >= 4 is 0 Å². The number of hydrogen-bond acceptors (Lipinski definition) is 2. The van der Waals surface area contributed by atoms with Gasteiger partial charge in [0.25, 0.3) is 5.56 Å². The molecule has 5 nitrogen and oxygen atoms in total. The zero-order valence-corrected chi connectivity index (χ0v) is 15.7. The predicted octanol–water partition coefficient (Wildman–Crippen LogP) is 3.25. The Labute approximate surface area is 154 Å². The van der Waals surface area contributed by atoms with Crippen LogP contribution in [0.25, 0.3) is 5.69 Å². The molecular formula is C21H26N4O. The van der Waals surface area contributed by atoms with Gasteiger partial charge in [-0.15, -0.1) is 0 Å². The average molecular weight is 350 g/mol. The Bertz CT molecular complexity index is 964. The molecule has 4 rings (SSSR count). The lowest BCUT2D eigenvalue weighted by Gasteiger charge is -2.36. The first-order valence-electron chi connectivity index (χ1n) is 9.33. The third-order valence-electron chi connectivity index (χ3n) is 5.70. The zero-order chi connectivity index (χ0) is 18.3. The van der Waals surface area contributed by atoms with Gasteiger partial charge >= 0.3 is 0 Å². The van der Waals surface area contributed by atoms with Gasteiger partial charge in [0.1, 0.15) is 0 Å². The van der Waals surface area contributed by atoms with E-state index in [0.29, 0.717) is 12.6 Å². The Morgan fingerprint density at radius 2 is 1.85 bits per heavy atom.